The zero-order valence-electron chi connectivity index (χ0n) is 9.19. The van der Waals surface area contributed by atoms with Gasteiger partial charge in [0.15, 0.2) is 0 Å². The van der Waals surface area contributed by atoms with Crippen molar-refractivity contribution in [1.82, 2.24) is 0 Å². The Hall–Kier alpha value is -1.55. The topological polar surface area (TPSA) is 63.6 Å². The van der Waals surface area contributed by atoms with Crippen molar-refractivity contribution < 1.29 is 19.4 Å². The molecule has 0 saturated carbocycles. The largest absolute Gasteiger partial charge is 0.478 e. The number of halogens is 1. The summed E-state index contributed by atoms with van der Waals surface area (Å²) >= 11 is 5.26. The van der Waals surface area contributed by atoms with Gasteiger partial charge in [-0.15, -0.1) is 11.6 Å². The molecule has 0 spiro atoms. The van der Waals surface area contributed by atoms with E-state index < -0.39 is 11.9 Å². The van der Waals surface area contributed by atoms with Crippen molar-refractivity contribution in [1.29, 1.82) is 0 Å². The van der Waals surface area contributed by atoms with E-state index in [1.807, 2.05) is 0 Å². The maximum absolute atomic E-state index is 10.9. The third-order valence-electron chi connectivity index (χ3n) is 2.21. The summed E-state index contributed by atoms with van der Waals surface area (Å²) in [6, 6.07) is 6.78. The van der Waals surface area contributed by atoms with Crippen molar-refractivity contribution in [2.75, 3.05) is 12.5 Å². The molecular formula is C12H13ClO4. The van der Waals surface area contributed by atoms with E-state index in [2.05, 4.69) is 0 Å². The van der Waals surface area contributed by atoms with Crippen LogP contribution in [0.4, 0.5) is 0 Å². The van der Waals surface area contributed by atoms with Gasteiger partial charge in [0.1, 0.15) is 5.88 Å². The Kier molecular flexibility index (Phi) is 5.49. The van der Waals surface area contributed by atoms with Crippen LogP contribution in [0.15, 0.2) is 24.3 Å². The number of aromatic carboxylic acids is 1. The number of carbonyl (C=O) groups is 2. The zero-order valence-corrected chi connectivity index (χ0v) is 9.94. The molecule has 0 atom stereocenters. The number of carboxylic acid groups (broad SMARTS) is 1. The molecule has 0 bridgehead atoms. The van der Waals surface area contributed by atoms with Crippen molar-refractivity contribution in [3.05, 3.63) is 35.4 Å². The third-order valence-corrected chi connectivity index (χ3v) is 2.43. The van der Waals surface area contributed by atoms with Crippen molar-refractivity contribution in [3.8, 4) is 0 Å². The van der Waals surface area contributed by atoms with Crippen LogP contribution in [-0.4, -0.2) is 29.5 Å². The summed E-state index contributed by atoms with van der Waals surface area (Å²) < 4.78 is 4.79. The van der Waals surface area contributed by atoms with Gasteiger partial charge in [0, 0.05) is 0 Å². The fourth-order valence-electron chi connectivity index (χ4n) is 1.43. The van der Waals surface area contributed by atoms with Gasteiger partial charge in [-0.1, -0.05) is 18.2 Å². The lowest BCUT2D eigenvalue weighted by atomic mass is 10.0. The number of hydrogen-bond donors (Lipinski definition) is 1. The normalized spacial score (nSPS) is 9.94. The van der Waals surface area contributed by atoms with E-state index >= 15 is 0 Å². The molecule has 0 radical (unpaired) electrons. The van der Waals surface area contributed by atoms with Gasteiger partial charge in [-0.05, 0) is 24.5 Å². The summed E-state index contributed by atoms with van der Waals surface area (Å²) in [6.45, 7) is 0.250. The van der Waals surface area contributed by atoms with E-state index in [0.717, 1.165) is 5.56 Å². The molecule has 1 rings (SSSR count). The first-order chi connectivity index (χ1) is 8.15. The van der Waals surface area contributed by atoms with Crippen molar-refractivity contribution in [2.24, 2.45) is 0 Å². The average Bonchev–Trinajstić information content (AvgIpc) is 2.34. The molecule has 0 heterocycles. The lowest BCUT2D eigenvalue weighted by Crippen LogP contribution is -2.08. The Morgan fingerprint density at radius 1 is 1.29 bits per heavy atom. The first kappa shape index (κ1) is 13.5. The van der Waals surface area contributed by atoms with Crippen LogP contribution in [0.3, 0.4) is 0 Å². The van der Waals surface area contributed by atoms with E-state index in [-0.39, 0.29) is 18.1 Å². The van der Waals surface area contributed by atoms with E-state index in [1.54, 1.807) is 24.3 Å². The first-order valence-electron chi connectivity index (χ1n) is 5.18. The van der Waals surface area contributed by atoms with Gasteiger partial charge in [0.25, 0.3) is 0 Å². The fourth-order valence-corrected chi connectivity index (χ4v) is 1.51. The predicted molar refractivity (Wildman–Crippen MR) is 63.4 cm³/mol. The number of ether oxygens (including phenoxy) is 1. The summed E-state index contributed by atoms with van der Waals surface area (Å²) in [6.07, 6.45) is 1.13. The average molecular weight is 257 g/mol. The minimum absolute atomic E-state index is 0.161. The molecule has 0 amide bonds. The Bertz CT molecular complexity index is 403. The van der Waals surface area contributed by atoms with Gasteiger partial charge in [-0.2, -0.15) is 0 Å². The van der Waals surface area contributed by atoms with Crippen LogP contribution >= 0.6 is 11.6 Å². The van der Waals surface area contributed by atoms with Gasteiger partial charge < -0.3 is 9.84 Å². The van der Waals surface area contributed by atoms with Crippen molar-refractivity contribution >= 4 is 23.5 Å². The van der Waals surface area contributed by atoms with E-state index in [9.17, 15) is 9.59 Å². The van der Waals surface area contributed by atoms with Gasteiger partial charge in [-0.3, -0.25) is 4.79 Å². The van der Waals surface area contributed by atoms with E-state index in [0.29, 0.717) is 12.8 Å². The number of rotatable bonds is 6. The summed E-state index contributed by atoms with van der Waals surface area (Å²) in [5.41, 5.74) is 1.03. The molecule has 0 saturated heterocycles. The number of benzene rings is 1. The van der Waals surface area contributed by atoms with E-state index in [4.69, 9.17) is 21.4 Å². The molecule has 0 fully saturated rings. The highest BCUT2D eigenvalue weighted by Gasteiger charge is 2.08. The molecule has 0 aliphatic rings. The van der Waals surface area contributed by atoms with Crippen LogP contribution in [0, 0.1) is 0 Å². The molecule has 1 aromatic rings. The second-order valence-corrected chi connectivity index (χ2v) is 3.69. The van der Waals surface area contributed by atoms with Crippen LogP contribution in [-0.2, 0) is 16.0 Å². The van der Waals surface area contributed by atoms with Crippen LogP contribution in [0.5, 0.6) is 0 Å². The highest BCUT2D eigenvalue weighted by molar-refractivity contribution is 6.26. The fraction of sp³-hybridized carbons (Fsp3) is 0.333. The Balaban J connectivity index is 2.46. The molecule has 92 valence electrons. The molecule has 4 nitrogen and oxygen atoms in total. The van der Waals surface area contributed by atoms with E-state index in [1.165, 1.54) is 0 Å². The molecule has 0 unspecified atom stereocenters. The highest BCUT2D eigenvalue weighted by Crippen LogP contribution is 2.11. The number of carbonyl (C=O) groups excluding carboxylic acids is 1. The van der Waals surface area contributed by atoms with Gasteiger partial charge in [0.2, 0.25) is 0 Å². The number of hydrogen-bond acceptors (Lipinski definition) is 3. The number of alkyl halides is 1. The van der Waals surface area contributed by atoms with Crippen molar-refractivity contribution in [2.45, 2.75) is 12.8 Å². The SMILES string of the molecule is O=C(CCl)OCCCc1ccccc1C(=O)O. The van der Waals surface area contributed by atoms with Crippen LogP contribution in [0.25, 0.3) is 0 Å². The second kappa shape index (κ2) is 6.91. The number of carboxylic acids is 1. The smallest absolute Gasteiger partial charge is 0.335 e. The summed E-state index contributed by atoms with van der Waals surface area (Å²) in [5, 5.41) is 8.95. The molecule has 5 heteroatoms. The van der Waals surface area contributed by atoms with Gasteiger partial charge >= 0.3 is 11.9 Å². The molecule has 0 aromatic heterocycles. The minimum Gasteiger partial charge on any atom is -0.478 e. The number of esters is 1. The third kappa shape index (κ3) is 4.44. The molecule has 0 aliphatic heterocycles. The first-order valence-corrected chi connectivity index (χ1v) is 5.71. The maximum Gasteiger partial charge on any atom is 0.335 e. The Morgan fingerprint density at radius 2 is 2.00 bits per heavy atom. The molecule has 17 heavy (non-hydrogen) atoms. The Morgan fingerprint density at radius 3 is 2.65 bits per heavy atom. The lowest BCUT2D eigenvalue weighted by molar-refractivity contribution is -0.140. The Labute approximate surface area is 104 Å². The van der Waals surface area contributed by atoms with Crippen LogP contribution in [0.1, 0.15) is 22.3 Å². The quantitative estimate of drug-likeness (QED) is 0.481. The standard InChI is InChI=1S/C12H13ClO4/c13-8-11(14)17-7-3-5-9-4-1-2-6-10(9)12(15)16/h1-2,4,6H,3,5,7-8H2,(H,15,16). The molecular weight excluding hydrogens is 244 g/mol. The predicted octanol–water partition coefficient (Wildman–Crippen LogP) is 2.10. The zero-order chi connectivity index (χ0) is 12.7. The molecule has 0 aliphatic carbocycles. The molecule has 1 aromatic carbocycles. The lowest BCUT2D eigenvalue weighted by Gasteiger charge is -2.06. The summed E-state index contributed by atoms with van der Waals surface area (Å²) in [5.74, 6) is -1.57. The molecule has 1 N–H and O–H groups in total. The summed E-state index contributed by atoms with van der Waals surface area (Å²) in [7, 11) is 0. The minimum atomic E-state index is -0.946. The monoisotopic (exact) mass is 256 g/mol. The maximum atomic E-state index is 10.9. The van der Waals surface area contributed by atoms with Gasteiger partial charge in [0.05, 0.1) is 12.2 Å². The highest BCUT2D eigenvalue weighted by atomic mass is 35.5. The number of aryl methyl sites for hydroxylation is 1. The van der Waals surface area contributed by atoms with Crippen LogP contribution < -0.4 is 0 Å². The summed E-state index contributed by atoms with van der Waals surface area (Å²) in [4.78, 5) is 21.7. The van der Waals surface area contributed by atoms with Crippen LogP contribution in [0.2, 0.25) is 0 Å². The van der Waals surface area contributed by atoms with Crippen molar-refractivity contribution in [3.63, 3.8) is 0 Å². The second-order valence-electron chi connectivity index (χ2n) is 3.42. The van der Waals surface area contributed by atoms with Gasteiger partial charge in [-0.25, -0.2) is 4.79 Å².